The first-order valence-corrected chi connectivity index (χ1v) is 6.22. The van der Waals surface area contributed by atoms with Crippen molar-refractivity contribution in [1.29, 1.82) is 0 Å². The van der Waals surface area contributed by atoms with Gasteiger partial charge < -0.3 is 14.3 Å². The minimum Gasteiger partial charge on any atom is -0.542 e. The van der Waals surface area contributed by atoms with Crippen molar-refractivity contribution in [2.45, 2.75) is 5.09 Å². The van der Waals surface area contributed by atoms with Crippen LogP contribution < -0.4 is 39.4 Å². The normalized spacial score (nSPS) is 10.5. The molecule has 2 heterocycles. The Morgan fingerprint density at radius 2 is 2.00 bits per heavy atom. The molecule has 0 saturated carbocycles. The van der Waals surface area contributed by atoms with E-state index in [0.717, 1.165) is 12.1 Å². The molecule has 0 aliphatic heterocycles. The van der Waals surface area contributed by atoms with Crippen LogP contribution in [0.25, 0.3) is 0 Å². The zero-order valence-electron chi connectivity index (χ0n) is 9.86. The quantitative estimate of drug-likeness (QED) is 0.595. The summed E-state index contributed by atoms with van der Waals surface area (Å²) in [5.41, 5.74) is 0. The van der Waals surface area contributed by atoms with E-state index in [2.05, 4.69) is 14.1 Å². The SMILES string of the molecule is O=C([O-])c1ccc(S(=O)(=O)Nc2ccccn2)o1.[Na+]. The van der Waals surface area contributed by atoms with Gasteiger partial charge in [0.05, 0.1) is 0 Å². The van der Waals surface area contributed by atoms with Gasteiger partial charge in [-0.3, -0.25) is 4.72 Å². The Hall–Kier alpha value is -1.35. The Morgan fingerprint density at radius 1 is 1.26 bits per heavy atom. The molecule has 7 nitrogen and oxygen atoms in total. The molecular formula is C10H7N2NaO5S. The molecule has 1 N–H and O–H groups in total. The molecule has 0 aromatic carbocycles. The number of aromatic carboxylic acids is 1. The largest absolute Gasteiger partial charge is 1.00 e. The van der Waals surface area contributed by atoms with Crippen molar-refractivity contribution in [3.8, 4) is 0 Å². The Bertz CT molecular complexity index is 668. The van der Waals surface area contributed by atoms with Crippen LogP contribution in [0.3, 0.4) is 0 Å². The Morgan fingerprint density at radius 3 is 2.53 bits per heavy atom. The number of aromatic nitrogens is 1. The van der Waals surface area contributed by atoms with Gasteiger partial charge in [0.2, 0.25) is 5.09 Å². The van der Waals surface area contributed by atoms with Crippen LogP contribution in [0.15, 0.2) is 46.0 Å². The summed E-state index contributed by atoms with van der Waals surface area (Å²) >= 11 is 0. The van der Waals surface area contributed by atoms with Crippen LogP contribution in [0.5, 0.6) is 0 Å². The summed E-state index contributed by atoms with van der Waals surface area (Å²) in [4.78, 5) is 14.2. The van der Waals surface area contributed by atoms with Crippen LogP contribution in [0, 0.1) is 0 Å². The van der Waals surface area contributed by atoms with E-state index in [1.54, 1.807) is 12.1 Å². The van der Waals surface area contributed by atoms with E-state index < -0.39 is 26.8 Å². The van der Waals surface area contributed by atoms with Crippen LogP contribution in [0.1, 0.15) is 10.6 Å². The van der Waals surface area contributed by atoms with Crippen LogP contribution >= 0.6 is 0 Å². The van der Waals surface area contributed by atoms with Crippen molar-refractivity contribution in [3.63, 3.8) is 0 Å². The van der Waals surface area contributed by atoms with Gasteiger partial charge >= 0.3 is 29.6 Å². The van der Waals surface area contributed by atoms with Gasteiger partial charge in [0, 0.05) is 6.20 Å². The second-order valence-corrected chi connectivity index (χ2v) is 4.84. The van der Waals surface area contributed by atoms with Crippen molar-refractivity contribution in [2.24, 2.45) is 0 Å². The second-order valence-electron chi connectivity index (χ2n) is 3.23. The molecule has 2 aromatic heterocycles. The summed E-state index contributed by atoms with van der Waals surface area (Å²) in [5.74, 6) is -2.05. The molecule has 0 amide bonds. The summed E-state index contributed by atoms with van der Waals surface area (Å²) < 4.78 is 30.3. The summed E-state index contributed by atoms with van der Waals surface area (Å²) in [7, 11) is -4.00. The molecule has 0 radical (unpaired) electrons. The first-order chi connectivity index (χ1) is 8.49. The number of hydrogen-bond donors (Lipinski definition) is 1. The van der Waals surface area contributed by atoms with E-state index in [4.69, 9.17) is 0 Å². The molecule has 0 atom stereocenters. The number of nitrogens with one attached hydrogen (secondary N) is 1. The fraction of sp³-hybridized carbons (Fsp3) is 0. The van der Waals surface area contributed by atoms with Crippen LogP contribution in [-0.4, -0.2) is 19.4 Å². The molecule has 2 aromatic rings. The summed E-state index contributed by atoms with van der Waals surface area (Å²) in [6.07, 6.45) is 1.41. The zero-order chi connectivity index (χ0) is 13.2. The van der Waals surface area contributed by atoms with Crippen molar-refractivity contribution in [1.82, 2.24) is 4.98 Å². The van der Waals surface area contributed by atoms with Crippen LogP contribution in [-0.2, 0) is 10.0 Å². The van der Waals surface area contributed by atoms with Gasteiger partial charge in [0.15, 0.2) is 5.76 Å². The number of hydrogen-bond acceptors (Lipinski definition) is 6. The molecule has 0 fully saturated rings. The van der Waals surface area contributed by atoms with Crippen LogP contribution in [0.2, 0.25) is 0 Å². The third-order valence-electron chi connectivity index (χ3n) is 1.95. The fourth-order valence-electron chi connectivity index (χ4n) is 1.19. The van der Waals surface area contributed by atoms with Crippen molar-refractivity contribution >= 4 is 21.8 Å². The molecule has 0 unspecified atom stereocenters. The van der Waals surface area contributed by atoms with Crippen molar-refractivity contribution in [2.75, 3.05) is 4.72 Å². The number of carboxylic acid groups (broad SMARTS) is 1. The Balaban J connectivity index is 0.00000180. The molecule has 0 aliphatic carbocycles. The average Bonchev–Trinajstić information content (AvgIpc) is 2.79. The molecule has 0 spiro atoms. The molecule has 9 heteroatoms. The van der Waals surface area contributed by atoms with E-state index in [9.17, 15) is 18.3 Å². The van der Waals surface area contributed by atoms with Crippen molar-refractivity contribution < 1.29 is 52.3 Å². The topological polar surface area (TPSA) is 112 Å². The molecule has 2 rings (SSSR count). The molecule has 19 heavy (non-hydrogen) atoms. The number of carboxylic acids is 1. The molecule has 0 bridgehead atoms. The molecule has 0 saturated heterocycles. The monoisotopic (exact) mass is 290 g/mol. The summed E-state index contributed by atoms with van der Waals surface area (Å²) in [6, 6.07) is 6.69. The predicted molar refractivity (Wildman–Crippen MR) is 58.1 cm³/mol. The smallest absolute Gasteiger partial charge is 0.542 e. The number of rotatable bonds is 4. The van der Waals surface area contributed by atoms with E-state index in [-0.39, 0.29) is 35.4 Å². The van der Waals surface area contributed by atoms with Gasteiger partial charge in [-0.15, -0.1) is 0 Å². The van der Waals surface area contributed by atoms with E-state index >= 15 is 0 Å². The van der Waals surface area contributed by atoms with Gasteiger partial charge in [-0.1, -0.05) is 6.07 Å². The molecule has 0 aliphatic rings. The minimum absolute atomic E-state index is 0. The van der Waals surface area contributed by atoms with E-state index in [0.29, 0.717) is 0 Å². The zero-order valence-corrected chi connectivity index (χ0v) is 12.7. The third kappa shape index (κ3) is 3.80. The maximum Gasteiger partial charge on any atom is 1.00 e. The molecular weight excluding hydrogens is 283 g/mol. The standard InChI is InChI=1S/C10H8N2O5S.Na/c13-10(14)7-4-5-9(17-7)18(15,16)12-8-3-1-2-6-11-8;/h1-6H,(H,11,12)(H,13,14);/q;+1/p-1. The first kappa shape index (κ1) is 15.7. The Kier molecular flexibility index (Phi) is 5.12. The fourth-order valence-corrected chi connectivity index (χ4v) is 2.13. The summed E-state index contributed by atoms with van der Waals surface area (Å²) in [5, 5.41) is 9.95. The number of pyridine rings is 1. The Labute approximate surface area is 131 Å². The van der Waals surface area contributed by atoms with Gasteiger partial charge in [0.1, 0.15) is 11.8 Å². The molecule has 94 valence electrons. The first-order valence-electron chi connectivity index (χ1n) is 4.74. The predicted octanol–water partition coefficient (Wildman–Crippen LogP) is -3.16. The average molecular weight is 290 g/mol. The maximum atomic E-state index is 11.8. The number of furan rings is 1. The van der Waals surface area contributed by atoms with E-state index in [1.165, 1.54) is 12.3 Å². The number of anilines is 1. The van der Waals surface area contributed by atoms with Gasteiger partial charge in [-0.05, 0) is 24.3 Å². The number of carbonyl (C=O) groups excluding carboxylic acids is 1. The van der Waals surface area contributed by atoms with E-state index in [1.807, 2.05) is 0 Å². The number of nitrogens with zero attached hydrogens (tertiary/aromatic N) is 1. The minimum atomic E-state index is -4.00. The van der Waals surface area contributed by atoms with Crippen LogP contribution in [0.4, 0.5) is 5.82 Å². The van der Waals surface area contributed by atoms with Gasteiger partial charge in [-0.2, -0.15) is 8.42 Å². The number of carbonyl (C=O) groups is 1. The van der Waals surface area contributed by atoms with Crippen molar-refractivity contribution in [3.05, 3.63) is 42.3 Å². The summed E-state index contributed by atoms with van der Waals surface area (Å²) in [6.45, 7) is 0. The second kappa shape index (κ2) is 6.20. The van der Waals surface area contributed by atoms with Gasteiger partial charge in [-0.25, -0.2) is 4.98 Å². The van der Waals surface area contributed by atoms with Gasteiger partial charge in [0.25, 0.3) is 10.0 Å². The maximum absolute atomic E-state index is 11.8. The number of sulfonamides is 1. The third-order valence-corrected chi connectivity index (χ3v) is 3.18.